The zero-order valence-electron chi connectivity index (χ0n) is 7.49. The summed E-state index contributed by atoms with van der Waals surface area (Å²) in [7, 11) is 0. The van der Waals surface area contributed by atoms with Crippen molar-refractivity contribution in [3.63, 3.8) is 0 Å². The molecule has 1 aliphatic heterocycles. The van der Waals surface area contributed by atoms with Crippen LogP contribution in [0.5, 0.6) is 0 Å². The molecule has 0 aromatic heterocycles. The summed E-state index contributed by atoms with van der Waals surface area (Å²) in [4.78, 5) is 21.3. The molecule has 0 N–H and O–H groups in total. The molecule has 0 saturated carbocycles. The van der Waals surface area contributed by atoms with E-state index in [0.717, 1.165) is 12.2 Å². The van der Waals surface area contributed by atoms with Crippen molar-refractivity contribution in [2.45, 2.75) is 13.0 Å². The molecule has 0 radical (unpaired) electrons. The Morgan fingerprint density at radius 2 is 1.85 bits per heavy atom. The van der Waals surface area contributed by atoms with Gasteiger partial charge in [-0.1, -0.05) is 0 Å². The highest BCUT2D eigenvalue weighted by molar-refractivity contribution is 5.92. The maximum atomic E-state index is 10.7. The molecule has 0 saturated heterocycles. The fraction of sp³-hybridized carbons (Fsp3) is 0.333. The van der Waals surface area contributed by atoms with Crippen molar-refractivity contribution in [2.24, 2.45) is 0 Å². The molecule has 1 rings (SSSR count). The number of esters is 2. The normalized spacial score (nSPS) is 23.9. The Balaban J connectivity index is 0.000000671. The van der Waals surface area contributed by atoms with Gasteiger partial charge in [0, 0.05) is 12.2 Å². The Morgan fingerprint density at radius 1 is 1.31 bits per heavy atom. The second-order valence-electron chi connectivity index (χ2n) is 2.21. The van der Waals surface area contributed by atoms with E-state index in [1.807, 2.05) is 0 Å². The van der Waals surface area contributed by atoms with Crippen molar-refractivity contribution in [1.29, 1.82) is 0 Å². The first-order valence-electron chi connectivity index (χ1n) is 3.74. The summed E-state index contributed by atoms with van der Waals surface area (Å²) < 4.78 is 9.38. The zero-order chi connectivity index (χ0) is 10.3. The van der Waals surface area contributed by atoms with Gasteiger partial charge in [0.25, 0.3) is 0 Å². The van der Waals surface area contributed by atoms with Crippen LogP contribution in [-0.4, -0.2) is 24.6 Å². The summed E-state index contributed by atoms with van der Waals surface area (Å²) in [6.07, 6.45) is 1.74. The van der Waals surface area contributed by atoms with E-state index >= 15 is 0 Å². The minimum absolute atomic E-state index is 0.120. The molecule has 0 fully saturated rings. The van der Waals surface area contributed by atoms with Crippen LogP contribution in [0.2, 0.25) is 0 Å². The number of hydrogen-bond donors (Lipinski definition) is 0. The van der Waals surface area contributed by atoms with Crippen LogP contribution in [0.15, 0.2) is 25.3 Å². The first-order chi connectivity index (χ1) is 6.18. The van der Waals surface area contributed by atoms with Crippen molar-refractivity contribution >= 4 is 11.9 Å². The minimum atomic E-state index is -0.506. The van der Waals surface area contributed by atoms with Gasteiger partial charge in [0.2, 0.25) is 0 Å². The predicted molar refractivity (Wildman–Crippen MR) is 46.9 cm³/mol. The van der Waals surface area contributed by atoms with Gasteiger partial charge in [0.15, 0.2) is 0 Å². The second-order valence-corrected chi connectivity index (χ2v) is 2.21. The molecule has 1 atom stereocenters. The zero-order valence-corrected chi connectivity index (χ0v) is 7.49. The third-order valence-corrected chi connectivity index (χ3v) is 1.13. The van der Waals surface area contributed by atoms with Crippen LogP contribution >= 0.6 is 0 Å². The Kier molecular flexibility index (Phi) is 5.27. The molecule has 13 heavy (non-hydrogen) atoms. The van der Waals surface area contributed by atoms with Gasteiger partial charge in [-0.15, -0.1) is 13.2 Å². The van der Waals surface area contributed by atoms with Crippen LogP contribution in [0.25, 0.3) is 0 Å². The van der Waals surface area contributed by atoms with Gasteiger partial charge in [-0.25, -0.2) is 9.59 Å². The summed E-state index contributed by atoms with van der Waals surface area (Å²) >= 11 is 0. The van der Waals surface area contributed by atoms with E-state index in [1.165, 1.54) is 0 Å². The fourth-order valence-electron chi connectivity index (χ4n) is 0.655. The summed E-state index contributed by atoms with van der Waals surface area (Å²) in [5, 5.41) is 0. The average Bonchev–Trinajstić information content (AvgIpc) is 2.13. The lowest BCUT2D eigenvalue weighted by Gasteiger charge is -2.13. The van der Waals surface area contributed by atoms with Crippen molar-refractivity contribution < 1.29 is 19.1 Å². The van der Waals surface area contributed by atoms with Crippen LogP contribution in [-0.2, 0) is 19.1 Å². The SMILES string of the molecule is C=C.CC1COC(=O)/C=C\C(=O)O1. The van der Waals surface area contributed by atoms with Crippen LogP contribution < -0.4 is 0 Å². The largest absolute Gasteiger partial charge is 0.459 e. The maximum absolute atomic E-state index is 10.7. The van der Waals surface area contributed by atoms with E-state index in [1.54, 1.807) is 6.92 Å². The molecule has 0 aromatic carbocycles. The molecule has 4 heteroatoms. The van der Waals surface area contributed by atoms with Gasteiger partial charge in [-0.3, -0.25) is 0 Å². The summed E-state index contributed by atoms with van der Waals surface area (Å²) in [5.41, 5.74) is 0. The van der Waals surface area contributed by atoms with Gasteiger partial charge in [-0.05, 0) is 6.92 Å². The van der Waals surface area contributed by atoms with E-state index < -0.39 is 11.9 Å². The molecule has 4 nitrogen and oxygen atoms in total. The van der Waals surface area contributed by atoms with E-state index in [9.17, 15) is 9.59 Å². The minimum Gasteiger partial charge on any atom is -0.459 e. The summed E-state index contributed by atoms with van der Waals surface area (Å²) in [6.45, 7) is 7.78. The number of cyclic esters (lactones) is 2. The average molecular weight is 184 g/mol. The van der Waals surface area contributed by atoms with Crippen molar-refractivity contribution in [3.8, 4) is 0 Å². The van der Waals surface area contributed by atoms with Crippen molar-refractivity contribution in [3.05, 3.63) is 25.3 Å². The number of carbonyl (C=O) groups is 2. The van der Waals surface area contributed by atoms with Gasteiger partial charge >= 0.3 is 11.9 Å². The first-order valence-corrected chi connectivity index (χ1v) is 3.74. The molecule has 1 heterocycles. The first kappa shape index (κ1) is 11.4. The summed E-state index contributed by atoms with van der Waals surface area (Å²) in [5.74, 6) is -1.01. The van der Waals surface area contributed by atoms with Crippen LogP contribution in [0.4, 0.5) is 0 Å². The Labute approximate surface area is 76.8 Å². The lowest BCUT2D eigenvalue weighted by atomic mass is 10.4. The molecular weight excluding hydrogens is 172 g/mol. The lowest BCUT2D eigenvalue weighted by Crippen LogP contribution is -2.23. The molecule has 1 aliphatic rings. The molecule has 72 valence electrons. The van der Waals surface area contributed by atoms with Gasteiger partial charge in [-0.2, -0.15) is 0 Å². The Hall–Kier alpha value is -1.58. The number of carbonyl (C=O) groups excluding carboxylic acids is 2. The highest BCUT2D eigenvalue weighted by atomic mass is 16.6. The van der Waals surface area contributed by atoms with E-state index in [4.69, 9.17) is 4.74 Å². The number of rotatable bonds is 0. The molecule has 0 aromatic rings. The van der Waals surface area contributed by atoms with Gasteiger partial charge in [0.05, 0.1) is 0 Å². The molecule has 0 aliphatic carbocycles. The van der Waals surface area contributed by atoms with Gasteiger partial charge in [0.1, 0.15) is 12.7 Å². The molecule has 0 amide bonds. The topological polar surface area (TPSA) is 52.6 Å². The monoisotopic (exact) mass is 184 g/mol. The number of hydrogen-bond acceptors (Lipinski definition) is 4. The fourth-order valence-corrected chi connectivity index (χ4v) is 0.655. The molecular formula is C9H12O4. The third kappa shape index (κ3) is 4.79. The van der Waals surface area contributed by atoms with E-state index in [2.05, 4.69) is 17.9 Å². The Bertz CT molecular complexity index is 220. The van der Waals surface area contributed by atoms with Gasteiger partial charge < -0.3 is 9.47 Å². The highest BCUT2D eigenvalue weighted by Crippen LogP contribution is 1.98. The predicted octanol–water partition coefficient (Wildman–Crippen LogP) is 0.833. The summed E-state index contributed by atoms with van der Waals surface area (Å²) in [6, 6.07) is 0. The molecule has 1 unspecified atom stereocenters. The highest BCUT2D eigenvalue weighted by Gasteiger charge is 2.12. The van der Waals surface area contributed by atoms with Crippen molar-refractivity contribution in [2.75, 3.05) is 6.61 Å². The quantitative estimate of drug-likeness (QED) is 0.413. The van der Waals surface area contributed by atoms with Crippen LogP contribution in [0.1, 0.15) is 6.92 Å². The second kappa shape index (κ2) is 5.99. The van der Waals surface area contributed by atoms with E-state index in [-0.39, 0.29) is 12.7 Å². The van der Waals surface area contributed by atoms with Crippen LogP contribution in [0, 0.1) is 0 Å². The Morgan fingerprint density at radius 3 is 2.46 bits per heavy atom. The maximum Gasteiger partial charge on any atom is 0.331 e. The van der Waals surface area contributed by atoms with Crippen LogP contribution in [0.3, 0.4) is 0 Å². The molecule has 0 spiro atoms. The standard InChI is InChI=1S/C7H8O4.C2H4/c1-5-4-10-6(8)2-3-7(9)11-5;1-2/h2-3,5H,4H2,1H3;1-2H2/b3-2-;. The molecule has 0 bridgehead atoms. The number of ether oxygens (including phenoxy) is 2. The lowest BCUT2D eigenvalue weighted by molar-refractivity contribution is -0.153. The third-order valence-electron chi connectivity index (χ3n) is 1.13. The van der Waals surface area contributed by atoms with Crippen molar-refractivity contribution in [1.82, 2.24) is 0 Å². The smallest absolute Gasteiger partial charge is 0.331 e. The van der Waals surface area contributed by atoms with E-state index in [0.29, 0.717) is 0 Å².